The largest absolute Gasteiger partial charge is 0.483 e. The zero-order chi connectivity index (χ0) is 26.3. The molecule has 0 bridgehead atoms. The number of hydrogen-bond donors (Lipinski definition) is 3. The maximum atomic E-state index is 14.8. The molecule has 2 fully saturated rings. The smallest absolute Gasteiger partial charge is 0.167 e. The summed E-state index contributed by atoms with van der Waals surface area (Å²) in [5, 5.41) is 13.1. The average Bonchev–Trinajstić information content (AvgIpc) is 2.81. The van der Waals surface area contributed by atoms with Crippen LogP contribution in [0, 0.1) is 11.2 Å². The SMILES string of the molecule is C[C@@H](Oc1cc(C(=N)c2ccc(N3CC(C)(NC4CCC4)C3)nc2)c(N)cc1F)c1c(Cl)cncc1Cl. The van der Waals surface area contributed by atoms with Gasteiger partial charge in [-0.2, -0.15) is 0 Å². The van der Waals surface area contributed by atoms with E-state index in [4.69, 9.17) is 39.1 Å². The van der Waals surface area contributed by atoms with Gasteiger partial charge in [-0.1, -0.05) is 29.6 Å². The lowest BCUT2D eigenvalue weighted by molar-refractivity contribution is 0.201. The molecule has 10 heteroatoms. The molecule has 2 aliphatic rings. The summed E-state index contributed by atoms with van der Waals surface area (Å²) in [5.74, 6) is 0.154. The van der Waals surface area contributed by atoms with Crippen LogP contribution in [0.5, 0.6) is 5.75 Å². The summed E-state index contributed by atoms with van der Waals surface area (Å²) in [7, 11) is 0. The van der Waals surface area contributed by atoms with Gasteiger partial charge in [0.2, 0.25) is 0 Å². The van der Waals surface area contributed by atoms with Crippen molar-refractivity contribution in [2.75, 3.05) is 23.7 Å². The van der Waals surface area contributed by atoms with Crippen LogP contribution in [-0.2, 0) is 0 Å². The molecule has 0 unspecified atom stereocenters. The Bertz CT molecular complexity index is 1300. The molecule has 3 aromatic rings. The summed E-state index contributed by atoms with van der Waals surface area (Å²) >= 11 is 12.5. The lowest BCUT2D eigenvalue weighted by Crippen LogP contribution is -2.70. The quantitative estimate of drug-likeness (QED) is 0.246. The van der Waals surface area contributed by atoms with Crippen LogP contribution >= 0.6 is 23.2 Å². The monoisotopic (exact) mass is 542 g/mol. The second kappa shape index (κ2) is 10.1. The maximum absolute atomic E-state index is 14.8. The third kappa shape index (κ3) is 5.23. The van der Waals surface area contributed by atoms with Gasteiger partial charge in [-0.15, -0.1) is 0 Å². The first-order valence-electron chi connectivity index (χ1n) is 12.3. The molecule has 0 amide bonds. The number of rotatable bonds is 8. The molecular weight excluding hydrogens is 514 g/mol. The van der Waals surface area contributed by atoms with Gasteiger partial charge in [0.15, 0.2) is 11.6 Å². The molecule has 7 nitrogen and oxygen atoms in total. The van der Waals surface area contributed by atoms with E-state index >= 15 is 0 Å². The van der Waals surface area contributed by atoms with Gasteiger partial charge in [0.25, 0.3) is 0 Å². The van der Waals surface area contributed by atoms with Crippen molar-refractivity contribution in [3.63, 3.8) is 0 Å². The van der Waals surface area contributed by atoms with Crippen LogP contribution in [0.25, 0.3) is 0 Å². The van der Waals surface area contributed by atoms with Crippen molar-refractivity contribution in [1.29, 1.82) is 5.41 Å². The number of nitrogens with two attached hydrogens (primary N) is 1. The van der Waals surface area contributed by atoms with Crippen LogP contribution < -0.4 is 20.7 Å². The Hall–Kier alpha value is -2.94. The van der Waals surface area contributed by atoms with Crippen LogP contribution in [0.4, 0.5) is 15.9 Å². The molecule has 3 heterocycles. The van der Waals surface area contributed by atoms with Crippen molar-refractivity contribution in [3.05, 3.63) is 75.4 Å². The highest BCUT2D eigenvalue weighted by Gasteiger charge is 2.41. The number of anilines is 2. The molecule has 2 aromatic heterocycles. The van der Waals surface area contributed by atoms with Crippen LogP contribution in [0.1, 0.15) is 55.9 Å². The third-order valence-corrected chi connectivity index (χ3v) is 7.67. The number of nitrogen functional groups attached to an aromatic ring is 1. The number of halogens is 3. The average molecular weight is 543 g/mol. The minimum absolute atomic E-state index is 0.0613. The number of pyridine rings is 2. The molecule has 37 heavy (non-hydrogen) atoms. The lowest BCUT2D eigenvalue weighted by atomic mass is 9.85. The van der Waals surface area contributed by atoms with E-state index in [1.165, 1.54) is 37.7 Å². The molecule has 194 valence electrons. The third-order valence-electron chi connectivity index (χ3n) is 7.07. The summed E-state index contributed by atoms with van der Waals surface area (Å²) in [5.41, 5.74) is 7.85. The summed E-state index contributed by atoms with van der Waals surface area (Å²) in [6.45, 7) is 5.74. The first-order chi connectivity index (χ1) is 17.6. The van der Waals surface area contributed by atoms with E-state index < -0.39 is 11.9 Å². The van der Waals surface area contributed by atoms with E-state index in [2.05, 4.69) is 27.1 Å². The molecular formula is C27H29Cl2FN6O. The molecule has 1 aliphatic carbocycles. The fraction of sp³-hybridized carbons (Fsp3) is 0.370. The Morgan fingerprint density at radius 2 is 1.92 bits per heavy atom. The van der Waals surface area contributed by atoms with Crippen molar-refractivity contribution in [3.8, 4) is 5.75 Å². The first kappa shape index (κ1) is 25.7. The molecule has 1 saturated heterocycles. The second-order valence-corrected chi connectivity index (χ2v) is 10.9. The minimum atomic E-state index is -0.662. The number of benzene rings is 1. The van der Waals surface area contributed by atoms with Crippen molar-refractivity contribution < 1.29 is 9.13 Å². The van der Waals surface area contributed by atoms with Crippen LogP contribution in [-0.4, -0.2) is 40.3 Å². The Morgan fingerprint density at radius 3 is 2.51 bits per heavy atom. The number of nitrogens with one attached hydrogen (secondary N) is 2. The van der Waals surface area contributed by atoms with Crippen LogP contribution in [0.2, 0.25) is 10.0 Å². The normalized spacial score (nSPS) is 17.6. The molecule has 4 N–H and O–H groups in total. The van der Waals surface area contributed by atoms with E-state index in [9.17, 15) is 4.39 Å². The summed E-state index contributed by atoms with van der Waals surface area (Å²) in [6, 6.07) is 6.95. The highest BCUT2D eigenvalue weighted by atomic mass is 35.5. The van der Waals surface area contributed by atoms with E-state index in [1.807, 2.05) is 12.1 Å². The van der Waals surface area contributed by atoms with Gasteiger partial charge in [-0.25, -0.2) is 9.37 Å². The van der Waals surface area contributed by atoms with E-state index in [1.54, 1.807) is 13.1 Å². The van der Waals surface area contributed by atoms with E-state index in [0.29, 0.717) is 32.8 Å². The van der Waals surface area contributed by atoms with Crippen LogP contribution in [0.15, 0.2) is 42.9 Å². The molecule has 1 saturated carbocycles. The summed E-state index contributed by atoms with van der Waals surface area (Å²) < 4.78 is 20.6. The zero-order valence-corrected chi connectivity index (χ0v) is 22.2. The Labute approximate surface area is 225 Å². The molecule has 0 spiro atoms. The topological polar surface area (TPSA) is 100 Å². The number of aromatic nitrogens is 2. The molecule has 1 aliphatic heterocycles. The van der Waals surface area contributed by atoms with Crippen molar-refractivity contribution >= 4 is 40.4 Å². The highest BCUT2D eigenvalue weighted by molar-refractivity contribution is 6.35. The van der Waals surface area contributed by atoms with Gasteiger partial charge in [0, 0.05) is 66.2 Å². The Balaban J connectivity index is 1.30. The predicted molar refractivity (Wildman–Crippen MR) is 146 cm³/mol. The van der Waals surface area contributed by atoms with Gasteiger partial charge in [-0.3, -0.25) is 10.4 Å². The van der Waals surface area contributed by atoms with Gasteiger partial charge < -0.3 is 20.7 Å². The molecule has 1 atom stereocenters. The molecule has 0 radical (unpaired) electrons. The number of hydrogen-bond acceptors (Lipinski definition) is 7. The van der Waals surface area contributed by atoms with E-state index in [-0.39, 0.29) is 22.7 Å². The fourth-order valence-corrected chi connectivity index (χ4v) is 5.58. The van der Waals surface area contributed by atoms with Crippen LogP contribution in [0.3, 0.4) is 0 Å². The molecule has 1 aromatic carbocycles. The minimum Gasteiger partial charge on any atom is -0.483 e. The Kier molecular flexibility index (Phi) is 7.00. The van der Waals surface area contributed by atoms with Gasteiger partial charge in [0.1, 0.15) is 11.9 Å². The maximum Gasteiger partial charge on any atom is 0.167 e. The van der Waals surface area contributed by atoms with Gasteiger partial charge in [0.05, 0.1) is 21.3 Å². The van der Waals surface area contributed by atoms with Crippen molar-refractivity contribution in [2.45, 2.75) is 50.8 Å². The standard InChI is InChI=1S/C27H29Cl2FN6O/c1-15(25-19(28)11-33-12-20(25)29)37-23-8-18(22(31)9-21(23)30)26(32)16-6-7-24(34-10-16)36-13-27(2,14-36)35-17-4-3-5-17/h6-12,15,17,32,35H,3-5,13-14,31H2,1-2H3/t15-/m1/s1. The zero-order valence-electron chi connectivity index (χ0n) is 20.7. The van der Waals surface area contributed by atoms with Gasteiger partial charge in [-0.05, 0) is 44.9 Å². The predicted octanol–water partition coefficient (Wildman–Crippen LogP) is 5.78. The Morgan fingerprint density at radius 1 is 1.22 bits per heavy atom. The highest BCUT2D eigenvalue weighted by Crippen LogP contribution is 2.35. The number of ether oxygens (including phenoxy) is 1. The summed E-state index contributed by atoms with van der Waals surface area (Å²) in [6.07, 6.45) is 7.71. The lowest BCUT2D eigenvalue weighted by Gasteiger charge is -2.52. The van der Waals surface area contributed by atoms with Crippen molar-refractivity contribution in [1.82, 2.24) is 15.3 Å². The van der Waals surface area contributed by atoms with E-state index in [0.717, 1.165) is 25.0 Å². The molecule has 5 rings (SSSR count). The summed E-state index contributed by atoms with van der Waals surface area (Å²) in [4.78, 5) is 10.7. The number of nitrogens with zero attached hydrogens (tertiary/aromatic N) is 3. The fourth-order valence-electron chi connectivity index (χ4n) is 4.91. The first-order valence-corrected chi connectivity index (χ1v) is 13.0. The van der Waals surface area contributed by atoms with Crippen molar-refractivity contribution in [2.24, 2.45) is 0 Å². The van der Waals surface area contributed by atoms with Gasteiger partial charge >= 0.3 is 0 Å². The second-order valence-electron chi connectivity index (χ2n) is 10.1.